The van der Waals surface area contributed by atoms with Crippen molar-refractivity contribution in [2.45, 2.75) is 48.3 Å². The van der Waals surface area contributed by atoms with E-state index in [1.807, 2.05) is 37.3 Å². The van der Waals surface area contributed by atoms with Gasteiger partial charge in [0, 0.05) is 17.5 Å². The van der Waals surface area contributed by atoms with Crippen LogP contribution in [-0.4, -0.2) is 76.7 Å². The molecule has 2 fully saturated rings. The summed E-state index contributed by atoms with van der Waals surface area (Å²) in [6.07, 6.45) is 9.98. The second kappa shape index (κ2) is 9.94. The van der Waals surface area contributed by atoms with E-state index in [-0.39, 0.29) is 29.6 Å². The predicted molar refractivity (Wildman–Crippen MR) is 137 cm³/mol. The molecule has 0 radical (unpaired) electrons. The largest absolute Gasteiger partial charge is 0.497 e. The molecule has 1 unspecified atom stereocenters. The molecule has 4 heterocycles. The van der Waals surface area contributed by atoms with Crippen molar-refractivity contribution >= 4 is 35.2 Å². The van der Waals surface area contributed by atoms with E-state index in [0.29, 0.717) is 31.0 Å². The fourth-order valence-electron chi connectivity index (χ4n) is 5.99. The third-order valence-corrected chi connectivity index (χ3v) is 9.49. The summed E-state index contributed by atoms with van der Waals surface area (Å²) in [7, 11) is 1.59. The standard InChI is InChI=1S/C27H32N2O6S/c1-3-17(16-30)29-23-25(32)28(18-9-11-19(34-2)12-10-18)14-7-13-27(23)22(24(29)31)21-20(36-27)8-5-4-6-15-35-26(21)33/h5,7-13,17,20-23,30H,3-4,6,14-16H2,1-2H3/b8-5-/t17-,20-,21+,22-,23?,27-/m0/s1. The van der Waals surface area contributed by atoms with Crippen molar-refractivity contribution in [3.05, 3.63) is 48.6 Å². The Labute approximate surface area is 215 Å². The maximum absolute atomic E-state index is 14.3. The van der Waals surface area contributed by atoms with Crippen LogP contribution in [0.25, 0.3) is 0 Å². The maximum atomic E-state index is 14.3. The van der Waals surface area contributed by atoms with Gasteiger partial charge in [0.2, 0.25) is 5.91 Å². The summed E-state index contributed by atoms with van der Waals surface area (Å²) in [4.78, 5) is 44.9. The second-order valence-corrected chi connectivity index (χ2v) is 11.1. The normalized spacial score (nSPS) is 33.5. The van der Waals surface area contributed by atoms with Crippen molar-refractivity contribution < 1.29 is 29.0 Å². The zero-order valence-corrected chi connectivity index (χ0v) is 21.4. The molecule has 8 nitrogen and oxygen atoms in total. The number of fused-ring (bicyclic) bond motifs is 2. The first-order valence-corrected chi connectivity index (χ1v) is 13.4. The highest BCUT2D eigenvalue weighted by atomic mass is 32.2. The minimum absolute atomic E-state index is 0.218. The van der Waals surface area contributed by atoms with Crippen molar-refractivity contribution in [3.63, 3.8) is 0 Å². The number of aliphatic hydroxyl groups is 1. The molecule has 0 aromatic heterocycles. The number of ether oxygens (including phenoxy) is 2. The van der Waals surface area contributed by atoms with E-state index in [9.17, 15) is 19.5 Å². The van der Waals surface area contributed by atoms with Gasteiger partial charge in [0.1, 0.15) is 11.8 Å². The molecule has 4 aliphatic heterocycles. The van der Waals surface area contributed by atoms with Crippen LogP contribution in [0.3, 0.4) is 0 Å². The van der Waals surface area contributed by atoms with E-state index in [2.05, 4.69) is 6.08 Å². The first kappa shape index (κ1) is 24.9. The lowest BCUT2D eigenvalue weighted by Crippen LogP contribution is -2.56. The number of rotatable bonds is 5. The number of thioether (sulfide) groups is 1. The number of cyclic esters (lactones) is 1. The molecule has 1 spiro atoms. The number of methoxy groups -OCH3 is 1. The summed E-state index contributed by atoms with van der Waals surface area (Å²) >= 11 is 1.51. The van der Waals surface area contributed by atoms with Crippen LogP contribution >= 0.6 is 11.8 Å². The number of hydrogen-bond acceptors (Lipinski definition) is 7. The fraction of sp³-hybridized carbons (Fsp3) is 0.519. The van der Waals surface area contributed by atoms with E-state index in [0.717, 1.165) is 12.8 Å². The molecule has 0 saturated carbocycles. The summed E-state index contributed by atoms with van der Waals surface area (Å²) in [5.41, 5.74) is 0.695. The lowest BCUT2D eigenvalue weighted by molar-refractivity contribution is -0.153. The van der Waals surface area contributed by atoms with Gasteiger partial charge < -0.3 is 24.4 Å². The lowest BCUT2D eigenvalue weighted by atomic mass is 9.78. The number of benzene rings is 1. The quantitative estimate of drug-likeness (QED) is 0.479. The van der Waals surface area contributed by atoms with Crippen LogP contribution < -0.4 is 9.64 Å². The first-order chi connectivity index (χ1) is 17.5. The monoisotopic (exact) mass is 512 g/mol. The average Bonchev–Trinajstić information content (AvgIpc) is 3.30. The second-order valence-electron chi connectivity index (χ2n) is 9.62. The van der Waals surface area contributed by atoms with Crippen LogP contribution in [0.2, 0.25) is 0 Å². The molecule has 0 aliphatic carbocycles. The molecule has 0 bridgehead atoms. The Morgan fingerprint density at radius 1 is 1.19 bits per heavy atom. The molecule has 1 N–H and O–H groups in total. The lowest BCUT2D eigenvalue weighted by Gasteiger charge is -2.38. The zero-order valence-electron chi connectivity index (χ0n) is 20.5. The van der Waals surface area contributed by atoms with Gasteiger partial charge >= 0.3 is 5.97 Å². The van der Waals surface area contributed by atoms with Gasteiger partial charge in [-0.25, -0.2) is 0 Å². The van der Waals surface area contributed by atoms with Gasteiger partial charge in [-0.05, 0) is 43.5 Å². The number of carbonyl (C=O) groups excluding carboxylic acids is 3. The van der Waals surface area contributed by atoms with Crippen LogP contribution in [0.1, 0.15) is 26.2 Å². The average molecular weight is 513 g/mol. The number of allylic oxidation sites excluding steroid dienone is 1. The Balaban J connectivity index is 1.62. The molecule has 4 aliphatic rings. The van der Waals surface area contributed by atoms with E-state index in [1.165, 1.54) is 11.8 Å². The van der Waals surface area contributed by atoms with Crippen molar-refractivity contribution in [2.75, 3.05) is 31.8 Å². The number of nitrogens with zero attached hydrogens (tertiary/aromatic N) is 2. The van der Waals surface area contributed by atoms with E-state index in [1.54, 1.807) is 29.0 Å². The van der Waals surface area contributed by atoms with Crippen LogP contribution in [0.5, 0.6) is 5.75 Å². The van der Waals surface area contributed by atoms with Crippen LogP contribution in [0.15, 0.2) is 48.6 Å². The molecule has 6 atom stereocenters. The fourth-order valence-corrected chi connectivity index (χ4v) is 7.98. The number of carbonyl (C=O) groups is 3. The number of likely N-dealkylation sites (tertiary alicyclic amines) is 1. The smallest absolute Gasteiger partial charge is 0.311 e. The minimum atomic E-state index is -0.935. The van der Waals surface area contributed by atoms with E-state index >= 15 is 0 Å². The Kier molecular flexibility index (Phi) is 6.87. The topological polar surface area (TPSA) is 96.4 Å². The van der Waals surface area contributed by atoms with Gasteiger partial charge in [-0.2, -0.15) is 0 Å². The Morgan fingerprint density at radius 3 is 2.67 bits per heavy atom. The minimum Gasteiger partial charge on any atom is -0.497 e. The Bertz CT molecular complexity index is 1080. The maximum Gasteiger partial charge on any atom is 0.311 e. The molecule has 2 amide bonds. The molecule has 1 aromatic carbocycles. The Morgan fingerprint density at radius 2 is 1.97 bits per heavy atom. The SMILES string of the molecule is CC[C@@H](CO)N1C(=O)[C@@H]2[C@@H]3C(=O)OCCC/C=C\[C@@H]3S[C@@]23C=CCN(c2ccc(OC)cc2)C(=O)C13. The zero-order chi connectivity index (χ0) is 25.4. The van der Waals surface area contributed by atoms with E-state index < -0.39 is 28.7 Å². The predicted octanol–water partition coefficient (Wildman–Crippen LogP) is 2.56. The molecule has 2 saturated heterocycles. The van der Waals surface area contributed by atoms with Crippen LogP contribution in [-0.2, 0) is 19.1 Å². The number of aliphatic hydroxyl groups excluding tert-OH is 1. The molecule has 9 heteroatoms. The van der Waals surface area contributed by atoms with E-state index in [4.69, 9.17) is 9.47 Å². The summed E-state index contributed by atoms with van der Waals surface area (Å²) in [6.45, 7) is 2.28. The van der Waals surface area contributed by atoms with Gasteiger partial charge in [0.15, 0.2) is 0 Å². The number of amides is 2. The molecular formula is C27H32N2O6S. The molecule has 192 valence electrons. The summed E-state index contributed by atoms with van der Waals surface area (Å²) in [5.74, 6) is -1.62. The third kappa shape index (κ3) is 3.84. The highest BCUT2D eigenvalue weighted by Gasteiger charge is 2.71. The summed E-state index contributed by atoms with van der Waals surface area (Å²) < 4.78 is 9.92. The first-order valence-electron chi connectivity index (χ1n) is 12.5. The summed E-state index contributed by atoms with van der Waals surface area (Å²) in [5, 5.41) is 9.93. The van der Waals surface area contributed by atoms with Crippen LogP contribution in [0, 0.1) is 11.8 Å². The van der Waals surface area contributed by atoms with Crippen LogP contribution in [0.4, 0.5) is 5.69 Å². The number of anilines is 1. The molecule has 5 rings (SSSR count). The molecule has 36 heavy (non-hydrogen) atoms. The highest BCUT2D eigenvalue weighted by Crippen LogP contribution is 2.61. The van der Waals surface area contributed by atoms with Gasteiger partial charge in [0.25, 0.3) is 5.91 Å². The number of esters is 1. The van der Waals surface area contributed by atoms with Gasteiger partial charge in [0.05, 0.1) is 42.9 Å². The van der Waals surface area contributed by atoms with Gasteiger partial charge in [-0.15, -0.1) is 11.8 Å². The van der Waals surface area contributed by atoms with Crippen molar-refractivity contribution in [2.24, 2.45) is 11.8 Å². The van der Waals surface area contributed by atoms with Crippen molar-refractivity contribution in [1.82, 2.24) is 4.90 Å². The molecular weight excluding hydrogens is 480 g/mol. The number of hydrogen-bond donors (Lipinski definition) is 1. The molecule has 1 aromatic rings. The summed E-state index contributed by atoms with van der Waals surface area (Å²) in [6, 6.07) is 5.86. The van der Waals surface area contributed by atoms with Crippen molar-refractivity contribution in [3.8, 4) is 5.75 Å². The van der Waals surface area contributed by atoms with Crippen molar-refractivity contribution in [1.29, 1.82) is 0 Å². The third-order valence-electron chi connectivity index (χ3n) is 7.75. The van der Waals surface area contributed by atoms with Gasteiger partial charge in [-0.1, -0.05) is 31.2 Å². The highest BCUT2D eigenvalue weighted by molar-refractivity contribution is 8.02. The van der Waals surface area contributed by atoms with Gasteiger partial charge in [-0.3, -0.25) is 14.4 Å². The Hall–Kier alpha value is -2.78.